The van der Waals surface area contributed by atoms with Gasteiger partial charge < -0.3 is 14.6 Å². The van der Waals surface area contributed by atoms with Crippen LogP contribution in [-0.4, -0.2) is 32.9 Å². The molecule has 0 aliphatic carbocycles. The van der Waals surface area contributed by atoms with Gasteiger partial charge in [-0.2, -0.15) is 0 Å². The lowest BCUT2D eigenvalue weighted by Gasteiger charge is -2.20. The first-order valence-corrected chi connectivity index (χ1v) is 10.8. The maximum absolute atomic E-state index is 14.1. The lowest BCUT2D eigenvalue weighted by Crippen LogP contribution is -2.27. The van der Waals surface area contributed by atoms with Crippen molar-refractivity contribution in [3.8, 4) is 0 Å². The Balaban J connectivity index is 1.64. The number of rotatable bonds is 6. The quantitative estimate of drug-likeness (QED) is 0.506. The van der Waals surface area contributed by atoms with Crippen LogP contribution < -0.4 is 10.6 Å². The number of carbonyl (C=O) groups is 2. The Kier molecular flexibility index (Phi) is 6.84. The van der Waals surface area contributed by atoms with Crippen molar-refractivity contribution < 1.29 is 18.7 Å². The molecule has 3 rings (SSSR count). The fourth-order valence-corrected chi connectivity index (χ4v) is 3.79. The third kappa shape index (κ3) is 5.97. The van der Waals surface area contributed by atoms with E-state index in [1.165, 1.54) is 30.0 Å². The largest absolute Gasteiger partial charge is 0.444 e. The number of nitrogens with one attached hydrogen (secondary N) is 2. The molecule has 1 aromatic heterocycles. The van der Waals surface area contributed by atoms with Gasteiger partial charge in [0.2, 0.25) is 5.91 Å². The first-order valence-electron chi connectivity index (χ1n) is 9.83. The molecular formula is C22H25FN4O3S. The summed E-state index contributed by atoms with van der Waals surface area (Å²) in [4.78, 5) is 28.9. The third-order valence-corrected chi connectivity index (χ3v) is 5.13. The molecule has 164 valence electrons. The van der Waals surface area contributed by atoms with Gasteiger partial charge in [0.1, 0.15) is 11.4 Å². The Morgan fingerprint density at radius 2 is 1.90 bits per heavy atom. The summed E-state index contributed by atoms with van der Waals surface area (Å²) < 4.78 is 21.2. The third-order valence-electron chi connectivity index (χ3n) is 4.15. The number of hydrogen-bond acceptors (Lipinski definition) is 5. The number of hydrogen-bond donors (Lipinski definition) is 2. The predicted molar refractivity (Wildman–Crippen MR) is 121 cm³/mol. The number of para-hydroxylation sites is 2. The second kappa shape index (κ2) is 9.38. The lowest BCUT2D eigenvalue weighted by molar-refractivity contribution is -0.113. The minimum absolute atomic E-state index is 0.0764. The summed E-state index contributed by atoms with van der Waals surface area (Å²) in [7, 11) is 0. The van der Waals surface area contributed by atoms with Crippen molar-refractivity contribution in [1.29, 1.82) is 0 Å². The van der Waals surface area contributed by atoms with E-state index < -0.39 is 17.5 Å². The van der Waals surface area contributed by atoms with Gasteiger partial charge in [-0.3, -0.25) is 10.1 Å². The van der Waals surface area contributed by atoms with Crippen LogP contribution in [0.4, 0.5) is 20.6 Å². The number of anilines is 2. The van der Waals surface area contributed by atoms with Gasteiger partial charge in [-0.25, -0.2) is 14.2 Å². The molecule has 2 amide bonds. The molecule has 0 bridgehead atoms. The van der Waals surface area contributed by atoms with Crippen molar-refractivity contribution in [1.82, 2.24) is 9.55 Å². The van der Waals surface area contributed by atoms with Crippen LogP contribution in [0.15, 0.2) is 47.6 Å². The maximum Gasteiger partial charge on any atom is 0.412 e. The first-order chi connectivity index (χ1) is 14.7. The Morgan fingerprint density at radius 3 is 2.61 bits per heavy atom. The van der Waals surface area contributed by atoms with E-state index in [9.17, 15) is 14.0 Å². The van der Waals surface area contributed by atoms with Crippen LogP contribution >= 0.6 is 11.8 Å². The topological polar surface area (TPSA) is 85.2 Å². The highest BCUT2D eigenvalue weighted by molar-refractivity contribution is 7.99. The van der Waals surface area contributed by atoms with E-state index in [1.807, 2.05) is 35.8 Å². The van der Waals surface area contributed by atoms with Crippen LogP contribution in [0.5, 0.6) is 0 Å². The van der Waals surface area contributed by atoms with Gasteiger partial charge in [-0.15, -0.1) is 0 Å². The van der Waals surface area contributed by atoms with Gasteiger partial charge in [0, 0.05) is 12.2 Å². The number of amides is 2. The van der Waals surface area contributed by atoms with Crippen molar-refractivity contribution in [3.05, 3.63) is 48.3 Å². The number of thioether (sulfide) groups is 1. The van der Waals surface area contributed by atoms with Crippen molar-refractivity contribution in [3.63, 3.8) is 0 Å². The number of carbonyl (C=O) groups excluding carboxylic acids is 2. The summed E-state index contributed by atoms with van der Waals surface area (Å²) in [5, 5.41) is 5.83. The number of imidazole rings is 1. The minimum Gasteiger partial charge on any atom is -0.444 e. The number of halogens is 1. The molecule has 0 aliphatic rings. The summed E-state index contributed by atoms with van der Waals surface area (Å²) in [6.45, 7) is 7.90. The normalized spacial score (nSPS) is 11.4. The molecule has 3 aromatic rings. The zero-order valence-electron chi connectivity index (χ0n) is 17.9. The Hall–Kier alpha value is -3.07. The summed E-state index contributed by atoms with van der Waals surface area (Å²) >= 11 is 1.33. The van der Waals surface area contributed by atoms with Crippen LogP contribution in [0.2, 0.25) is 0 Å². The molecule has 0 aliphatic heterocycles. The van der Waals surface area contributed by atoms with E-state index in [0.717, 1.165) is 22.7 Å². The molecule has 2 N–H and O–H groups in total. The lowest BCUT2D eigenvalue weighted by atomic mass is 10.2. The fraction of sp³-hybridized carbons (Fsp3) is 0.318. The second-order valence-electron chi connectivity index (χ2n) is 7.79. The molecule has 0 saturated heterocycles. The maximum atomic E-state index is 14.1. The van der Waals surface area contributed by atoms with Gasteiger partial charge in [0.25, 0.3) is 0 Å². The van der Waals surface area contributed by atoms with Gasteiger partial charge in [0.15, 0.2) is 5.16 Å². The smallest absolute Gasteiger partial charge is 0.412 e. The van der Waals surface area contributed by atoms with E-state index in [-0.39, 0.29) is 17.3 Å². The SMILES string of the molecule is CCn1c(SCC(=O)Nc2ccc(F)c(NC(=O)OC(C)(C)C)c2)nc2ccccc21. The van der Waals surface area contributed by atoms with Crippen LogP contribution in [0, 0.1) is 5.82 Å². The van der Waals surface area contributed by atoms with Crippen molar-refractivity contribution in [2.75, 3.05) is 16.4 Å². The Bertz CT molecular complexity index is 1110. The number of benzene rings is 2. The molecule has 2 aromatic carbocycles. The minimum atomic E-state index is -0.774. The Morgan fingerprint density at radius 1 is 1.16 bits per heavy atom. The number of nitrogens with zero attached hydrogens (tertiary/aromatic N) is 2. The average molecular weight is 445 g/mol. The molecule has 7 nitrogen and oxygen atoms in total. The summed E-state index contributed by atoms with van der Waals surface area (Å²) in [5.74, 6) is -0.764. The molecule has 0 unspecified atom stereocenters. The molecule has 0 radical (unpaired) electrons. The highest BCUT2D eigenvalue weighted by Gasteiger charge is 2.18. The number of fused-ring (bicyclic) bond motifs is 1. The molecular weight excluding hydrogens is 419 g/mol. The number of ether oxygens (including phenoxy) is 1. The van der Waals surface area contributed by atoms with E-state index >= 15 is 0 Å². The average Bonchev–Trinajstić information content (AvgIpc) is 3.05. The van der Waals surface area contributed by atoms with Gasteiger partial charge in [0.05, 0.1) is 22.5 Å². The van der Waals surface area contributed by atoms with Crippen molar-refractivity contribution in [2.24, 2.45) is 0 Å². The van der Waals surface area contributed by atoms with E-state index in [2.05, 4.69) is 15.6 Å². The van der Waals surface area contributed by atoms with Gasteiger partial charge in [-0.05, 0) is 58.0 Å². The zero-order valence-corrected chi connectivity index (χ0v) is 18.7. The molecule has 0 atom stereocenters. The van der Waals surface area contributed by atoms with E-state index in [0.29, 0.717) is 5.69 Å². The van der Waals surface area contributed by atoms with Crippen LogP contribution in [0.1, 0.15) is 27.7 Å². The van der Waals surface area contributed by atoms with Crippen LogP contribution in [0.25, 0.3) is 11.0 Å². The predicted octanol–water partition coefficient (Wildman–Crippen LogP) is 5.27. The number of aromatic nitrogens is 2. The van der Waals surface area contributed by atoms with E-state index in [4.69, 9.17) is 4.74 Å². The molecule has 0 fully saturated rings. The van der Waals surface area contributed by atoms with Crippen LogP contribution in [-0.2, 0) is 16.1 Å². The second-order valence-corrected chi connectivity index (χ2v) is 8.73. The monoisotopic (exact) mass is 444 g/mol. The summed E-state index contributed by atoms with van der Waals surface area (Å²) in [6.07, 6.45) is -0.774. The Labute approximate surface area is 184 Å². The van der Waals surface area contributed by atoms with Crippen molar-refractivity contribution in [2.45, 2.75) is 45.0 Å². The standard InChI is InChI=1S/C22H25FN4O3S/c1-5-27-18-9-7-6-8-16(18)25-20(27)31-13-19(28)24-14-10-11-15(23)17(12-14)26-21(29)30-22(2,3)4/h6-12H,5,13H2,1-4H3,(H,24,28)(H,26,29). The van der Waals surface area contributed by atoms with Crippen LogP contribution in [0.3, 0.4) is 0 Å². The molecule has 1 heterocycles. The van der Waals surface area contributed by atoms with Crippen molar-refractivity contribution >= 4 is 46.2 Å². The van der Waals surface area contributed by atoms with E-state index in [1.54, 1.807) is 20.8 Å². The fourth-order valence-electron chi connectivity index (χ4n) is 2.91. The molecule has 31 heavy (non-hydrogen) atoms. The van der Waals surface area contributed by atoms with Gasteiger partial charge in [-0.1, -0.05) is 23.9 Å². The first kappa shape index (κ1) is 22.6. The highest BCUT2D eigenvalue weighted by Crippen LogP contribution is 2.25. The number of aryl methyl sites for hydroxylation is 1. The highest BCUT2D eigenvalue weighted by atomic mass is 32.2. The molecule has 9 heteroatoms. The summed E-state index contributed by atoms with van der Waals surface area (Å²) in [6, 6.07) is 11.8. The molecule has 0 saturated carbocycles. The van der Waals surface area contributed by atoms with Gasteiger partial charge >= 0.3 is 6.09 Å². The summed E-state index contributed by atoms with van der Waals surface area (Å²) in [5.41, 5.74) is 1.47. The molecule has 0 spiro atoms. The zero-order chi connectivity index (χ0) is 22.6.